The molecule has 0 atom stereocenters. The first-order valence-corrected chi connectivity index (χ1v) is 6.87. The van der Waals surface area contributed by atoms with E-state index in [2.05, 4.69) is 5.32 Å². The van der Waals surface area contributed by atoms with Crippen LogP contribution in [0.3, 0.4) is 0 Å². The third kappa shape index (κ3) is 8.65. The Bertz CT molecular complexity index is 255. The predicted octanol–water partition coefficient (Wildman–Crippen LogP) is -1.70. The molecule has 0 aliphatic heterocycles. The van der Waals surface area contributed by atoms with Gasteiger partial charge >= 0.3 is 29.6 Å². The summed E-state index contributed by atoms with van der Waals surface area (Å²) in [5.74, 6) is -0.132. The Morgan fingerprint density at radius 2 is 1.87 bits per heavy atom. The average molecular weight is 245 g/mol. The second-order valence-corrected chi connectivity index (χ2v) is 5.50. The maximum absolute atomic E-state index is 10.4. The normalized spacial score (nSPS) is 18.5. The fourth-order valence-corrected chi connectivity index (χ4v) is 2.38. The Hall–Kier alpha value is 0.870. The first-order chi connectivity index (χ1) is 6.58. The molecule has 1 aliphatic carbocycles. The molecule has 0 aromatic rings. The van der Waals surface area contributed by atoms with E-state index in [0.29, 0.717) is 19.0 Å². The number of hydrogen-bond acceptors (Lipinski definition) is 3. The van der Waals surface area contributed by atoms with Crippen molar-refractivity contribution in [2.24, 2.45) is 0 Å². The van der Waals surface area contributed by atoms with Crippen LogP contribution in [0.25, 0.3) is 0 Å². The molecular weight excluding hydrogens is 225 g/mol. The monoisotopic (exact) mass is 245 g/mol. The zero-order chi connectivity index (χ0) is 10.4. The fraction of sp³-hybridized carbons (Fsp3) is 1.00. The Morgan fingerprint density at radius 3 is 2.40 bits per heavy atom. The van der Waals surface area contributed by atoms with Gasteiger partial charge in [-0.1, -0.05) is 19.3 Å². The van der Waals surface area contributed by atoms with Gasteiger partial charge in [0.1, 0.15) is 0 Å². The van der Waals surface area contributed by atoms with Crippen molar-refractivity contribution in [2.75, 3.05) is 12.3 Å². The van der Waals surface area contributed by atoms with Gasteiger partial charge in [-0.05, 0) is 25.8 Å². The van der Waals surface area contributed by atoms with Crippen molar-refractivity contribution >= 4 is 10.1 Å². The summed E-state index contributed by atoms with van der Waals surface area (Å²) in [5, 5.41) is 3.32. The summed E-state index contributed by atoms with van der Waals surface area (Å²) >= 11 is 0. The van der Waals surface area contributed by atoms with Crippen LogP contribution in [0, 0.1) is 0 Å². The third-order valence-electron chi connectivity index (χ3n) is 2.62. The van der Waals surface area contributed by atoms with E-state index in [1.54, 1.807) is 0 Å². The van der Waals surface area contributed by atoms with E-state index >= 15 is 0 Å². The van der Waals surface area contributed by atoms with Crippen LogP contribution in [0.2, 0.25) is 0 Å². The maximum atomic E-state index is 10.4. The van der Waals surface area contributed by atoms with Crippen molar-refractivity contribution in [3.63, 3.8) is 0 Å². The molecule has 0 aromatic heterocycles. The van der Waals surface area contributed by atoms with Gasteiger partial charge in [0.15, 0.2) is 0 Å². The van der Waals surface area contributed by atoms with E-state index < -0.39 is 10.1 Å². The van der Waals surface area contributed by atoms with Gasteiger partial charge in [0.2, 0.25) is 0 Å². The molecule has 0 heterocycles. The summed E-state index contributed by atoms with van der Waals surface area (Å²) < 4.78 is 29.3. The topological polar surface area (TPSA) is 66.4 Å². The summed E-state index contributed by atoms with van der Waals surface area (Å²) in [7, 11) is -3.77. The quantitative estimate of drug-likeness (QED) is 0.344. The van der Waals surface area contributed by atoms with Gasteiger partial charge in [0, 0.05) is 6.04 Å². The predicted molar refractivity (Wildman–Crippen MR) is 57.0 cm³/mol. The first-order valence-electron chi connectivity index (χ1n) is 5.26. The summed E-state index contributed by atoms with van der Waals surface area (Å²) in [4.78, 5) is 0. The minimum atomic E-state index is -3.77. The zero-order valence-electron chi connectivity index (χ0n) is 10.4. The number of nitrogens with one attached hydrogen (secondary N) is 1. The van der Waals surface area contributed by atoms with Gasteiger partial charge in [0.05, 0.1) is 5.75 Å². The van der Waals surface area contributed by atoms with E-state index in [1.165, 1.54) is 32.1 Å². The molecule has 1 fully saturated rings. The van der Waals surface area contributed by atoms with E-state index in [0.717, 1.165) is 0 Å². The second kappa shape index (κ2) is 8.03. The van der Waals surface area contributed by atoms with Crippen molar-refractivity contribution in [1.29, 1.82) is 0 Å². The van der Waals surface area contributed by atoms with Gasteiger partial charge in [0.25, 0.3) is 10.1 Å². The molecule has 0 radical (unpaired) electrons. The van der Waals surface area contributed by atoms with Gasteiger partial charge < -0.3 is 6.74 Å². The van der Waals surface area contributed by atoms with Crippen molar-refractivity contribution in [2.45, 2.75) is 44.6 Å². The van der Waals surface area contributed by atoms with Crippen LogP contribution < -0.4 is 34.9 Å². The van der Waals surface area contributed by atoms with Crippen LogP contribution in [0.4, 0.5) is 0 Å². The van der Waals surface area contributed by atoms with Crippen LogP contribution in [0.1, 0.15) is 40.0 Å². The molecule has 1 saturated carbocycles. The Labute approximate surface area is 116 Å². The Kier molecular flexibility index (Phi) is 8.50. The van der Waals surface area contributed by atoms with Gasteiger partial charge in [-0.25, -0.2) is 0 Å². The number of hydrogen-bond donors (Lipinski definition) is 2. The number of rotatable bonds is 5. The van der Waals surface area contributed by atoms with Gasteiger partial charge in [-0.15, -0.1) is 0 Å². The molecule has 0 aromatic carbocycles. The van der Waals surface area contributed by atoms with Crippen LogP contribution in [0.15, 0.2) is 0 Å². The van der Waals surface area contributed by atoms with Crippen LogP contribution in [-0.4, -0.2) is 31.3 Å². The smallest absolute Gasteiger partial charge is 1.00 e. The van der Waals surface area contributed by atoms with Gasteiger partial charge in [-0.3, -0.25) is 4.55 Å². The minimum absolute atomic E-state index is 0. The molecule has 6 heteroatoms. The first kappa shape index (κ1) is 15.9. The average Bonchev–Trinajstić information content (AvgIpc) is 2.13. The van der Waals surface area contributed by atoms with Crippen LogP contribution >= 0.6 is 0 Å². The van der Waals surface area contributed by atoms with E-state index in [9.17, 15) is 8.42 Å². The molecule has 86 valence electrons. The molecule has 4 nitrogen and oxygen atoms in total. The largest absolute Gasteiger partial charge is 1.00 e. The molecular formula is C9H20NNaO3S. The molecule has 1 rings (SSSR count). The molecule has 15 heavy (non-hydrogen) atoms. The Morgan fingerprint density at radius 1 is 1.27 bits per heavy atom. The van der Waals surface area contributed by atoms with E-state index in [-0.39, 0.29) is 36.7 Å². The van der Waals surface area contributed by atoms with E-state index in [4.69, 9.17) is 4.55 Å². The molecule has 2 N–H and O–H groups in total. The van der Waals surface area contributed by atoms with Crippen LogP contribution in [-0.2, 0) is 10.1 Å². The molecule has 0 amide bonds. The molecule has 0 saturated heterocycles. The van der Waals surface area contributed by atoms with Gasteiger partial charge in [-0.2, -0.15) is 8.42 Å². The zero-order valence-corrected chi connectivity index (χ0v) is 12.2. The third-order valence-corrected chi connectivity index (χ3v) is 3.42. The Balaban J connectivity index is 0. The molecule has 1 aliphatic rings. The molecule has 0 bridgehead atoms. The SMILES string of the molecule is O=S(=O)(O)CCCNC1CCCCC1.[H-].[Na+]. The molecule has 0 spiro atoms. The summed E-state index contributed by atoms with van der Waals surface area (Å²) in [6.07, 6.45) is 6.77. The maximum Gasteiger partial charge on any atom is 1.00 e. The fourth-order valence-electron chi connectivity index (χ4n) is 1.87. The van der Waals surface area contributed by atoms with E-state index in [1.807, 2.05) is 0 Å². The van der Waals surface area contributed by atoms with Crippen molar-refractivity contribution in [3.05, 3.63) is 0 Å². The van der Waals surface area contributed by atoms with Crippen molar-refractivity contribution < 1.29 is 44.0 Å². The van der Waals surface area contributed by atoms with Crippen molar-refractivity contribution in [1.82, 2.24) is 5.32 Å². The summed E-state index contributed by atoms with van der Waals surface area (Å²) in [5.41, 5.74) is 0. The van der Waals surface area contributed by atoms with Crippen molar-refractivity contribution in [3.8, 4) is 0 Å². The standard InChI is InChI=1S/C9H19NO3S.Na.H/c11-14(12,13)8-4-7-10-9-5-2-1-3-6-9;;/h9-10H,1-8H2,(H,11,12,13);;/q;+1;-1. The van der Waals surface area contributed by atoms with Crippen LogP contribution in [0.5, 0.6) is 0 Å². The molecule has 0 unspecified atom stereocenters. The summed E-state index contributed by atoms with van der Waals surface area (Å²) in [6, 6.07) is 0.560. The summed E-state index contributed by atoms with van der Waals surface area (Å²) in [6.45, 7) is 0.685. The minimum Gasteiger partial charge on any atom is -1.00 e. The second-order valence-electron chi connectivity index (χ2n) is 3.93.